The lowest BCUT2D eigenvalue weighted by Gasteiger charge is -2.11. The van der Waals surface area contributed by atoms with Crippen molar-refractivity contribution in [3.8, 4) is 0 Å². The fourth-order valence-electron chi connectivity index (χ4n) is 1.74. The monoisotopic (exact) mass is 367 g/mol. The fraction of sp³-hybridized carbons (Fsp3) is 0.0667. The second kappa shape index (κ2) is 7.04. The minimum atomic E-state index is -1.49. The number of ether oxygens (including phenoxy) is 1. The zero-order valence-electron chi connectivity index (χ0n) is 11.2. The van der Waals surface area contributed by atoms with Gasteiger partial charge in [-0.25, -0.2) is 14.0 Å². The number of carbonyl (C=O) groups excluding carboxylic acids is 1. The van der Waals surface area contributed by atoms with Gasteiger partial charge in [-0.3, -0.25) is 5.32 Å². The molecule has 2 aromatic carbocycles. The van der Waals surface area contributed by atoms with Crippen molar-refractivity contribution in [3.05, 3.63) is 63.9 Å². The Labute approximate surface area is 133 Å². The van der Waals surface area contributed by atoms with Crippen LogP contribution in [0.3, 0.4) is 0 Å². The van der Waals surface area contributed by atoms with Crippen LogP contribution in [0.1, 0.15) is 15.9 Å². The van der Waals surface area contributed by atoms with Crippen LogP contribution in [0, 0.1) is 5.82 Å². The summed E-state index contributed by atoms with van der Waals surface area (Å²) in [5.74, 6) is -2.44. The van der Waals surface area contributed by atoms with E-state index in [-0.39, 0.29) is 16.8 Å². The summed E-state index contributed by atoms with van der Waals surface area (Å²) in [6, 6.07) is 11.3. The van der Waals surface area contributed by atoms with Gasteiger partial charge in [0.15, 0.2) is 0 Å². The molecular formula is C15H11BrFNO4. The molecule has 22 heavy (non-hydrogen) atoms. The predicted octanol–water partition coefficient (Wildman–Crippen LogP) is 4.04. The lowest BCUT2D eigenvalue weighted by atomic mass is 10.1. The van der Waals surface area contributed by atoms with E-state index < -0.39 is 23.4 Å². The van der Waals surface area contributed by atoms with Crippen molar-refractivity contribution in [2.45, 2.75) is 6.61 Å². The number of benzene rings is 2. The molecule has 0 aromatic heterocycles. The highest BCUT2D eigenvalue weighted by atomic mass is 79.9. The summed E-state index contributed by atoms with van der Waals surface area (Å²) in [5.41, 5.74) is -0.0500. The van der Waals surface area contributed by atoms with Gasteiger partial charge in [-0.2, -0.15) is 0 Å². The second-order valence-electron chi connectivity index (χ2n) is 4.27. The number of carboxylic acids is 1. The summed E-state index contributed by atoms with van der Waals surface area (Å²) < 4.78 is 18.8. The van der Waals surface area contributed by atoms with Crippen LogP contribution in [0.5, 0.6) is 0 Å². The molecule has 0 radical (unpaired) electrons. The van der Waals surface area contributed by atoms with Crippen LogP contribution in [-0.4, -0.2) is 17.2 Å². The van der Waals surface area contributed by atoms with E-state index in [0.29, 0.717) is 0 Å². The number of hydrogen-bond donors (Lipinski definition) is 2. The molecule has 7 heteroatoms. The average molecular weight is 368 g/mol. The largest absolute Gasteiger partial charge is 0.478 e. The summed E-state index contributed by atoms with van der Waals surface area (Å²) in [5, 5.41) is 11.3. The van der Waals surface area contributed by atoms with Crippen molar-refractivity contribution < 1.29 is 23.8 Å². The number of amides is 1. The Morgan fingerprint density at radius 1 is 1.18 bits per heavy atom. The molecule has 0 spiro atoms. The SMILES string of the molecule is O=C(Nc1c(Br)ccc(F)c1C(=O)O)OCc1ccccc1. The van der Waals surface area contributed by atoms with E-state index in [1.165, 1.54) is 6.07 Å². The predicted molar refractivity (Wildman–Crippen MR) is 81.3 cm³/mol. The normalized spacial score (nSPS) is 10.1. The van der Waals surface area contributed by atoms with Crippen LogP contribution >= 0.6 is 15.9 Å². The van der Waals surface area contributed by atoms with E-state index in [9.17, 15) is 14.0 Å². The molecular weight excluding hydrogens is 357 g/mol. The topological polar surface area (TPSA) is 75.6 Å². The third-order valence-electron chi connectivity index (χ3n) is 2.76. The van der Waals surface area contributed by atoms with E-state index in [4.69, 9.17) is 9.84 Å². The first-order valence-corrected chi connectivity index (χ1v) is 6.97. The van der Waals surface area contributed by atoms with Crippen LogP contribution in [0.2, 0.25) is 0 Å². The summed E-state index contributed by atoms with van der Waals surface area (Å²) >= 11 is 3.07. The maximum atomic E-state index is 13.6. The Hall–Kier alpha value is -2.41. The molecule has 1 amide bonds. The van der Waals surface area contributed by atoms with Crippen LogP contribution in [0.25, 0.3) is 0 Å². The standard InChI is InChI=1S/C15H11BrFNO4/c16-10-6-7-11(17)12(14(19)20)13(10)18-15(21)22-8-9-4-2-1-3-5-9/h1-7H,8H2,(H,18,21)(H,19,20). The minimum Gasteiger partial charge on any atom is -0.478 e. The van der Waals surface area contributed by atoms with Crippen molar-refractivity contribution >= 4 is 33.7 Å². The second-order valence-corrected chi connectivity index (χ2v) is 5.13. The highest BCUT2D eigenvalue weighted by Gasteiger charge is 2.20. The zero-order valence-corrected chi connectivity index (χ0v) is 12.8. The first-order valence-electron chi connectivity index (χ1n) is 6.18. The number of rotatable bonds is 4. The van der Waals surface area contributed by atoms with Gasteiger partial charge in [-0.05, 0) is 33.6 Å². The molecule has 0 aliphatic heterocycles. The number of carbonyl (C=O) groups is 2. The Morgan fingerprint density at radius 3 is 2.50 bits per heavy atom. The molecule has 0 saturated heterocycles. The lowest BCUT2D eigenvalue weighted by molar-refractivity contribution is 0.0693. The van der Waals surface area contributed by atoms with Gasteiger partial charge in [0.2, 0.25) is 0 Å². The highest BCUT2D eigenvalue weighted by Crippen LogP contribution is 2.29. The molecule has 0 fully saturated rings. The van der Waals surface area contributed by atoms with Crippen LogP contribution < -0.4 is 5.32 Å². The van der Waals surface area contributed by atoms with E-state index in [1.807, 2.05) is 6.07 Å². The lowest BCUT2D eigenvalue weighted by Crippen LogP contribution is -2.17. The number of halogens is 2. The quantitative estimate of drug-likeness (QED) is 0.854. The van der Waals surface area contributed by atoms with Gasteiger partial charge in [0.1, 0.15) is 18.0 Å². The summed E-state index contributed by atoms with van der Waals surface area (Å²) in [6.45, 7) is 0.0159. The van der Waals surface area contributed by atoms with Gasteiger partial charge in [-0.1, -0.05) is 30.3 Å². The molecule has 0 aliphatic rings. The molecule has 2 rings (SSSR count). The summed E-state index contributed by atoms with van der Waals surface area (Å²) in [6.07, 6.45) is -0.877. The molecule has 0 heterocycles. The van der Waals surface area contributed by atoms with Crippen molar-refractivity contribution in [2.24, 2.45) is 0 Å². The first kappa shape index (κ1) is 16.0. The van der Waals surface area contributed by atoms with Crippen molar-refractivity contribution in [2.75, 3.05) is 5.32 Å². The van der Waals surface area contributed by atoms with E-state index in [1.54, 1.807) is 24.3 Å². The molecule has 5 nitrogen and oxygen atoms in total. The van der Waals surface area contributed by atoms with Gasteiger partial charge >= 0.3 is 12.1 Å². The number of aromatic carboxylic acids is 1. The first-order chi connectivity index (χ1) is 10.5. The number of nitrogens with one attached hydrogen (secondary N) is 1. The maximum Gasteiger partial charge on any atom is 0.412 e. The van der Waals surface area contributed by atoms with Gasteiger partial charge in [0.05, 0.1) is 5.69 Å². The maximum absolute atomic E-state index is 13.6. The van der Waals surface area contributed by atoms with E-state index in [2.05, 4.69) is 21.2 Å². The number of carboxylic acid groups (broad SMARTS) is 1. The third-order valence-corrected chi connectivity index (χ3v) is 3.42. The van der Waals surface area contributed by atoms with Crippen molar-refractivity contribution in [1.29, 1.82) is 0 Å². The van der Waals surface area contributed by atoms with Gasteiger partial charge < -0.3 is 9.84 Å². The smallest absolute Gasteiger partial charge is 0.412 e. The molecule has 2 N–H and O–H groups in total. The van der Waals surface area contributed by atoms with Crippen molar-refractivity contribution in [1.82, 2.24) is 0 Å². The fourth-order valence-corrected chi connectivity index (χ4v) is 2.17. The Bertz CT molecular complexity index is 706. The Kier molecular flexibility index (Phi) is 5.11. The average Bonchev–Trinajstić information content (AvgIpc) is 2.49. The molecule has 0 atom stereocenters. The highest BCUT2D eigenvalue weighted by molar-refractivity contribution is 9.10. The van der Waals surface area contributed by atoms with Crippen LogP contribution in [0.15, 0.2) is 46.9 Å². The number of hydrogen-bond acceptors (Lipinski definition) is 3. The molecule has 0 aliphatic carbocycles. The minimum absolute atomic E-state index is 0.0159. The molecule has 0 unspecified atom stereocenters. The van der Waals surface area contributed by atoms with Crippen LogP contribution in [0.4, 0.5) is 14.9 Å². The third kappa shape index (κ3) is 3.82. The van der Waals surface area contributed by atoms with E-state index >= 15 is 0 Å². The molecule has 0 saturated carbocycles. The van der Waals surface area contributed by atoms with Gasteiger partial charge in [0, 0.05) is 4.47 Å². The number of anilines is 1. The van der Waals surface area contributed by atoms with Gasteiger partial charge in [-0.15, -0.1) is 0 Å². The van der Waals surface area contributed by atoms with Crippen LogP contribution in [-0.2, 0) is 11.3 Å². The zero-order chi connectivity index (χ0) is 16.1. The summed E-state index contributed by atoms with van der Waals surface area (Å²) in [4.78, 5) is 22.9. The van der Waals surface area contributed by atoms with Crippen molar-refractivity contribution in [3.63, 3.8) is 0 Å². The van der Waals surface area contributed by atoms with Gasteiger partial charge in [0.25, 0.3) is 0 Å². The summed E-state index contributed by atoms with van der Waals surface area (Å²) in [7, 11) is 0. The Balaban J connectivity index is 2.12. The Morgan fingerprint density at radius 2 is 1.86 bits per heavy atom. The molecule has 114 valence electrons. The molecule has 0 bridgehead atoms. The van der Waals surface area contributed by atoms with E-state index in [0.717, 1.165) is 11.6 Å². The molecule has 2 aromatic rings.